The smallest absolute Gasteiger partial charge is 0.255 e. The van der Waals surface area contributed by atoms with Gasteiger partial charge in [-0.05, 0) is 62.5 Å². The molecule has 222 valence electrons. The number of rotatable bonds is 5. The first-order valence-corrected chi connectivity index (χ1v) is 15.0. The molecule has 0 radical (unpaired) electrons. The van der Waals surface area contributed by atoms with Gasteiger partial charge in [0.2, 0.25) is 5.78 Å². The number of nitrogens with zero attached hydrogens (tertiary/aromatic N) is 2. The molecule has 4 aliphatic carbocycles. The fraction of sp³-hybridized carbons (Fsp3) is 0.567. The van der Waals surface area contributed by atoms with Crippen molar-refractivity contribution < 1.29 is 34.8 Å². The number of likely N-dealkylation sites (N-methyl/N-ethyl adjacent to an activating group) is 1. The van der Waals surface area contributed by atoms with Crippen LogP contribution in [0.25, 0.3) is 0 Å². The number of primary amides is 1. The number of phenolic OH excluding ortho intramolecular Hbond substituents is 1. The lowest BCUT2D eigenvalue weighted by atomic mass is 9.56. The Hall–Kier alpha value is -3.02. The van der Waals surface area contributed by atoms with Crippen molar-refractivity contribution in [1.82, 2.24) is 4.90 Å². The quantitative estimate of drug-likeness (QED) is 0.325. The summed E-state index contributed by atoms with van der Waals surface area (Å²) < 4.78 is 0. The Bertz CT molecular complexity index is 1360. The molecule has 2 unspecified atom stereocenters. The molecule has 1 aromatic carbocycles. The van der Waals surface area contributed by atoms with E-state index in [0.29, 0.717) is 11.1 Å². The Labute approximate surface area is 243 Å². The lowest BCUT2D eigenvalue weighted by molar-refractivity contribution is -0.149. The zero-order chi connectivity index (χ0) is 30.0. The van der Waals surface area contributed by atoms with E-state index in [4.69, 9.17) is 5.73 Å². The van der Waals surface area contributed by atoms with Crippen molar-refractivity contribution in [2.45, 2.75) is 67.8 Å². The standard InChI is InChI=1S/C30H39N3O7S/c1-32(2)19-10-11-20(34)17-12-16-15(22(21(17)19)29(39)41-14-8-6-5-7-9-14)13-18-24(33(3)4)25(35)23(28(31)38)27(37)30(18,40)26(16)36/h10-11,14-15,18,22,24,34-36,40H,5-9,12-13H2,1-4H3,(H2,31,38)/t15?,18?,22-,24+,30+/m1/s1. The molecular weight excluding hydrogens is 546 g/mol. The monoisotopic (exact) mass is 585 g/mol. The average Bonchev–Trinajstić information content (AvgIpc) is 2.90. The number of hydrogen-bond donors (Lipinski definition) is 5. The van der Waals surface area contributed by atoms with Crippen LogP contribution in [0.4, 0.5) is 5.69 Å². The van der Waals surface area contributed by atoms with E-state index >= 15 is 0 Å². The summed E-state index contributed by atoms with van der Waals surface area (Å²) in [4.78, 5) is 43.6. The molecule has 0 spiro atoms. The molecule has 5 atom stereocenters. The number of aliphatic hydroxyl groups is 3. The van der Waals surface area contributed by atoms with Gasteiger partial charge in [0.15, 0.2) is 10.7 Å². The summed E-state index contributed by atoms with van der Waals surface area (Å²) >= 11 is 1.31. The van der Waals surface area contributed by atoms with E-state index in [1.165, 1.54) is 11.8 Å². The SMILES string of the molecule is CN(C)c1ccc(O)c2c1[C@H](C(=O)SC1CCCCC1)C1CC3[C@H](N(C)C)C(O)=C(C(N)=O)C(=O)[C@@]3(O)C(O)=C1C2. The predicted octanol–water partition coefficient (Wildman–Crippen LogP) is 2.68. The number of aromatic hydroxyl groups is 1. The number of thioether (sulfide) groups is 1. The molecule has 5 rings (SSSR count). The van der Waals surface area contributed by atoms with Gasteiger partial charge in [-0.3, -0.25) is 19.3 Å². The second kappa shape index (κ2) is 10.7. The van der Waals surface area contributed by atoms with E-state index in [9.17, 15) is 34.8 Å². The third-order valence-corrected chi connectivity index (χ3v) is 10.7. The number of phenols is 1. The number of benzene rings is 1. The number of fused-ring (bicyclic) bond motifs is 3. The van der Waals surface area contributed by atoms with Crippen molar-refractivity contribution in [2.75, 3.05) is 33.1 Å². The van der Waals surface area contributed by atoms with E-state index in [1.807, 2.05) is 19.0 Å². The van der Waals surface area contributed by atoms with Crippen LogP contribution in [-0.2, 0) is 20.8 Å². The molecule has 6 N–H and O–H groups in total. The van der Waals surface area contributed by atoms with Gasteiger partial charge in [-0.1, -0.05) is 31.0 Å². The summed E-state index contributed by atoms with van der Waals surface area (Å²) in [7, 11) is 6.99. The Morgan fingerprint density at radius 1 is 1.05 bits per heavy atom. The molecule has 1 aromatic rings. The van der Waals surface area contributed by atoms with Gasteiger partial charge in [-0.25, -0.2) is 0 Å². The predicted molar refractivity (Wildman–Crippen MR) is 156 cm³/mol. The van der Waals surface area contributed by atoms with E-state index in [1.54, 1.807) is 31.1 Å². The van der Waals surface area contributed by atoms with Crippen molar-refractivity contribution in [3.05, 3.63) is 45.9 Å². The van der Waals surface area contributed by atoms with Crippen LogP contribution in [0.5, 0.6) is 5.75 Å². The van der Waals surface area contributed by atoms with Gasteiger partial charge in [-0.2, -0.15) is 0 Å². The normalized spacial score (nSPS) is 30.1. The number of amides is 1. The van der Waals surface area contributed by atoms with Crippen LogP contribution < -0.4 is 10.6 Å². The third-order valence-electron chi connectivity index (χ3n) is 9.41. The van der Waals surface area contributed by atoms with Crippen LogP contribution in [0.2, 0.25) is 0 Å². The number of ketones is 1. The molecule has 1 amide bonds. The molecule has 0 heterocycles. The van der Waals surface area contributed by atoms with E-state index in [-0.39, 0.29) is 34.5 Å². The number of hydrogen-bond acceptors (Lipinski definition) is 10. The van der Waals surface area contributed by atoms with E-state index < -0.39 is 58.2 Å². The Morgan fingerprint density at radius 3 is 2.29 bits per heavy atom. The van der Waals surface area contributed by atoms with E-state index in [0.717, 1.165) is 37.8 Å². The lowest BCUT2D eigenvalue weighted by Crippen LogP contribution is -2.63. The van der Waals surface area contributed by atoms with Gasteiger partial charge in [-0.15, -0.1) is 0 Å². The summed E-state index contributed by atoms with van der Waals surface area (Å²) in [5, 5.41) is 45.9. The Kier molecular flexibility index (Phi) is 7.67. The van der Waals surface area contributed by atoms with Gasteiger partial charge in [0.25, 0.3) is 5.91 Å². The van der Waals surface area contributed by atoms with Crippen molar-refractivity contribution in [3.63, 3.8) is 0 Å². The summed E-state index contributed by atoms with van der Waals surface area (Å²) in [6.07, 6.45) is 5.20. The summed E-state index contributed by atoms with van der Waals surface area (Å²) in [5.74, 6) is -6.07. The Balaban J connectivity index is 1.72. The zero-order valence-corrected chi connectivity index (χ0v) is 24.7. The van der Waals surface area contributed by atoms with Crippen molar-refractivity contribution >= 4 is 34.3 Å². The minimum Gasteiger partial charge on any atom is -0.510 e. The van der Waals surface area contributed by atoms with Crippen LogP contribution >= 0.6 is 11.8 Å². The minimum atomic E-state index is -2.53. The second-order valence-corrected chi connectivity index (χ2v) is 13.5. The number of allylic oxidation sites excluding steroid dienone is 1. The zero-order valence-electron chi connectivity index (χ0n) is 23.9. The van der Waals surface area contributed by atoms with Gasteiger partial charge in [0.05, 0.1) is 12.0 Å². The second-order valence-electron chi connectivity index (χ2n) is 12.2. The summed E-state index contributed by atoms with van der Waals surface area (Å²) in [6, 6.07) is 2.29. The maximum absolute atomic E-state index is 14.3. The average molecular weight is 586 g/mol. The van der Waals surface area contributed by atoms with Crippen molar-refractivity contribution in [1.29, 1.82) is 0 Å². The number of nitrogens with two attached hydrogens (primary N) is 1. The first-order chi connectivity index (χ1) is 19.3. The van der Waals surface area contributed by atoms with Crippen LogP contribution in [0.3, 0.4) is 0 Å². The molecule has 10 nitrogen and oxygen atoms in total. The van der Waals surface area contributed by atoms with Crippen LogP contribution in [0.15, 0.2) is 34.8 Å². The molecule has 0 bridgehead atoms. The fourth-order valence-corrected chi connectivity index (χ4v) is 8.84. The largest absolute Gasteiger partial charge is 0.510 e. The highest BCUT2D eigenvalue weighted by atomic mass is 32.2. The van der Waals surface area contributed by atoms with Crippen molar-refractivity contribution in [3.8, 4) is 5.75 Å². The summed E-state index contributed by atoms with van der Waals surface area (Å²) in [6.45, 7) is 0. The first kappa shape index (κ1) is 29.5. The maximum atomic E-state index is 14.3. The number of carbonyl (C=O) groups excluding carboxylic acids is 3. The number of anilines is 1. The highest BCUT2D eigenvalue weighted by Crippen LogP contribution is 2.58. The molecule has 0 saturated heterocycles. The van der Waals surface area contributed by atoms with E-state index in [2.05, 4.69) is 0 Å². The van der Waals surface area contributed by atoms with Crippen LogP contribution in [0.1, 0.15) is 55.6 Å². The first-order valence-electron chi connectivity index (χ1n) is 14.1. The molecule has 11 heteroatoms. The Morgan fingerprint density at radius 2 is 1.71 bits per heavy atom. The highest BCUT2D eigenvalue weighted by Gasteiger charge is 2.63. The van der Waals surface area contributed by atoms with Gasteiger partial charge < -0.3 is 31.1 Å². The minimum absolute atomic E-state index is 0.00770. The van der Waals surface area contributed by atoms with Gasteiger partial charge in [0.1, 0.15) is 22.8 Å². The van der Waals surface area contributed by atoms with Gasteiger partial charge in [0, 0.05) is 42.9 Å². The number of aliphatic hydroxyl groups excluding tert-OH is 2. The molecular formula is C30H39N3O7S. The molecule has 4 aliphatic rings. The number of carbonyl (C=O) groups is 3. The molecule has 1 fully saturated rings. The molecule has 0 aromatic heterocycles. The van der Waals surface area contributed by atoms with Crippen LogP contribution in [0, 0.1) is 11.8 Å². The fourth-order valence-electron chi connectivity index (χ4n) is 7.51. The maximum Gasteiger partial charge on any atom is 0.255 e. The van der Waals surface area contributed by atoms with Crippen LogP contribution in [-0.4, -0.2) is 87.2 Å². The molecule has 0 aliphatic heterocycles. The summed E-state index contributed by atoms with van der Waals surface area (Å²) in [5.41, 5.74) is 4.36. The van der Waals surface area contributed by atoms with Gasteiger partial charge >= 0.3 is 0 Å². The highest BCUT2D eigenvalue weighted by molar-refractivity contribution is 8.14. The topological polar surface area (TPSA) is 165 Å². The molecule has 1 saturated carbocycles. The van der Waals surface area contributed by atoms with Crippen molar-refractivity contribution in [2.24, 2.45) is 17.6 Å². The lowest BCUT2D eigenvalue weighted by Gasteiger charge is -2.52. The molecule has 41 heavy (non-hydrogen) atoms. The third kappa shape index (κ3) is 4.53. The number of Topliss-reactive ketones (excluding diaryl/α,β-unsaturated/α-hetero) is 1.